The fourth-order valence-electron chi connectivity index (χ4n) is 2.77. The number of rotatable bonds is 6. The van der Waals surface area contributed by atoms with Gasteiger partial charge in [-0.15, -0.1) is 0 Å². The number of hydrogen-bond donors (Lipinski definition) is 1. The quantitative estimate of drug-likeness (QED) is 0.597. The van der Waals surface area contributed by atoms with Crippen LogP contribution in [0.3, 0.4) is 0 Å². The van der Waals surface area contributed by atoms with Crippen LogP contribution in [0.4, 0.5) is 0 Å². The van der Waals surface area contributed by atoms with Gasteiger partial charge in [0, 0.05) is 27.3 Å². The number of benzene rings is 2. The Kier molecular flexibility index (Phi) is 5.65. The minimum atomic E-state index is -1.04. The fourth-order valence-corrected chi connectivity index (χ4v) is 6.08. The van der Waals surface area contributed by atoms with E-state index in [4.69, 9.17) is 22.1 Å². The topological polar surface area (TPSA) is 18.5 Å². The Morgan fingerprint density at radius 1 is 0.783 bits per heavy atom. The molecular weight excluding hydrogens is 323 g/mol. The van der Waals surface area contributed by atoms with Crippen molar-refractivity contribution in [3.8, 4) is 11.5 Å². The molecule has 0 aromatic heterocycles. The van der Waals surface area contributed by atoms with Crippen LogP contribution in [0.15, 0.2) is 48.5 Å². The molecular formula is C19H26O2PS+. The normalized spacial score (nSPS) is 12.1. The predicted molar refractivity (Wildman–Crippen MR) is 105 cm³/mol. The van der Waals surface area contributed by atoms with Gasteiger partial charge in [-0.05, 0) is 35.4 Å². The summed E-state index contributed by atoms with van der Waals surface area (Å²) in [6.07, 6.45) is 1.03. The van der Waals surface area contributed by atoms with Gasteiger partial charge in [-0.25, -0.2) is 0 Å². The first kappa shape index (κ1) is 18.2. The highest BCUT2D eigenvalue weighted by Crippen LogP contribution is 2.55. The predicted octanol–water partition coefficient (Wildman–Crippen LogP) is 4.78. The fraction of sp³-hybridized carbons (Fsp3) is 0.368. The molecule has 124 valence electrons. The third kappa shape index (κ3) is 4.43. The van der Waals surface area contributed by atoms with Crippen molar-refractivity contribution in [2.45, 2.75) is 4.75 Å². The zero-order valence-electron chi connectivity index (χ0n) is 14.5. The van der Waals surface area contributed by atoms with Gasteiger partial charge in [0.15, 0.2) is 0 Å². The first-order valence-corrected chi connectivity index (χ1v) is 11.4. The Hall–Kier alpha value is -1.18. The summed E-state index contributed by atoms with van der Waals surface area (Å²) in [5, 5.41) is 0. The van der Waals surface area contributed by atoms with E-state index in [-0.39, 0.29) is 4.75 Å². The van der Waals surface area contributed by atoms with Crippen LogP contribution in [0.1, 0.15) is 11.1 Å². The van der Waals surface area contributed by atoms with E-state index in [0.29, 0.717) is 0 Å². The first-order valence-electron chi connectivity index (χ1n) is 7.60. The van der Waals surface area contributed by atoms with Crippen molar-refractivity contribution in [1.82, 2.24) is 0 Å². The summed E-state index contributed by atoms with van der Waals surface area (Å²) in [6.45, 7) is 7.06. The summed E-state index contributed by atoms with van der Waals surface area (Å²) >= 11 is 5.16. The molecule has 4 heteroatoms. The first-order chi connectivity index (χ1) is 10.8. The largest absolute Gasteiger partial charge is 0.497 e. The van der Waals surface area contributed by atoms with E-state index in [0.717, 1.165) is 17.7 Å². The van der Waals surface area contributed by atoms with Crippen molar-refractivity contribution >= 4 is 19.9 Å². The molecule has 0 aliphatic rings. The van der Waals surface area contributed by atoms with Gasteiger partial charge in [-0.2, -0.15) is 12.6 Å². The summed E-state index contributed by atoms with van der Waals surface area (Å²) in [5.41, 5.74) is 2.39. The highest BCUT2D eigenvalue weighted by Gasteiger charge is 2.38. The van der Waals surface area contributed by atoms with E-state index in [1.54, 1.807) is 14.2 Å². The molecule has 0 saturated carbocycles. The van der Waals surface area contributed by atoms with Crippen molar-refractivity contribution in [3.63, 3.8) is 0 Å². The van der Waals surface area contributed by atoms with Crippen molar-refractivity contribution in [2.24, 2.45) is 0 Å². The van der Waals surface area contributed by atoms with Crippen LogP contribution in [0.2, 0.25) is 0 Å². The Balaban J connectivity index is 2.49. The van der Waals surface area contributed by atoms with Gasteiger partial charge < -0.3 is 9.47 Å². The lowest BCUT2D eigenvalue weighted by molar-refractivity contribution is 0.414. The van der Waals surface area contributed by atoms with Gasteiger partial charge in [-0.3, -0.25) is 0 Å². The minimum Gasteiger partial charge on any atom is -0.497 e. The number of thiol groups is 1. The molecule has 0 fully saturated rings. The second kappa shape index (κ2) is 7.15. The zero-order chi connectivity index (χ0) is 17.1. The van der Waals surface area contributed by atoms with Gasteiger partial charge in [0.2, 0.25) is 0 Å². The van der Waals surface area contributed by atoms with Gasteiger partial charge in [-0.1, -0.05) is 24.3 Å². The monoisotopic (exact) mass is 349 g/mol. The second-order valence-corrected chi connectivity index (χ2v) is 12.4. The molecule has 0 unspecified atom stereocenters. The third-order valence-electron chi connectivity index (χ3n) is 3.84. The third-order valence-corrected chi connectivity index (χ3v) is 6.19. The molecule has 0 amide bonds. The van der Waals surface area contributed by atoms with E-state index >= 15 is 0 Å². The van der Waals surface area contributed by atoms with Crippen LogP contribution in [0.5, 0.6) is 11.5 Å². The average Bonchev–Trinajstić information content (AvgIpc) is 2.53. The van der Waals surface area contributed by atoms with Crippen LogP contribution in [0.25, 0.3) is 0 Å². The smallest absolute Gasteiger partial charge is 0.118 e. The molecule has 2 aromatic rings. The molecule has 0 N–H and O–H groups in total. The average molecular weight is 349 g/mol. The Morgan fingerprint density at radius 3 is 1.39 bits per heavy atom. The highest BCUT2D eigenvalue weighted by atomic mass is 32.1. The lowest BCUT2D eigenvalue weighted by Crippen LogP contribution is -2.26. The summed E-state index contributed by atoms with van der Waals surface area (Å²) < 4.78 is 10.3. The van der Waals surface area contributed by atoms with Gasteiger partial charge >= 0.3 is 0 Å². The minimum absolute atomic E-state index is 0.315. The summed E-state index contributed by atoms with van der Waals surface area (Å²) in [5.74, 6) is 1.73. The lowest BCUT2D eigenvalue weighted by atomic mass is 9.91. The van der Waals surface area contributed by atoms with Crippen LogP contribution in [-0.4, -0.2) is 40.4 Å². The molecule has 23 heavy (non-hydrogen) atoms. The van der Waals surface area contributed by atoms with Gasteiger partial charge in [0.25, 0.3) is 0 Å². The molecule has 0 aliphatic heterocycles. The number of ether oxygens (including phenoxy) is 2. The SMILES string of the molecule is COc1ccc(C(S)(C[P+](C)(C)C)c2ccc(OC)cc2)cc1. The molecule has 2 aromatic carbocycles. The molecule has 0 saturated heterocycles. The van der Waals surface area contributed by atoms with Crippen molar-refractivity contribution in [3.05, 3.63) is 59.7 Å². The summed E-state index contributed by atoms with van der Waals surface area (Å²) in [7, 11) is 2.33. The lowest BCUT2D eigenvalue weighted by Gasteiger charge is -2.32. The molecule has 0 aliphatic carbocycles. The van der Waals surface area contributed by atoms with E-state index in [2.05, 4.69) is 44.3 Å². The Bertz CT molecular complexity index is 582. The van der Waals surface area contributed by atoms with E-state index in [1.165, 1.54) is 11.1 Å². The zero-order valence-corrected chi connectivity index (χ0v) is 16.3. The van der Waals surface area contributed by atoms with Crippen LogP contribution in [0, 0.1) is 0 Å². The molecule has 2 nitrogen and oxygen atoms in total. The van der Waals surface area contributed by atoms with Crippen molar-refractivity contribution < 1.29 is 9.47 Å². The second-order valence-electron chi connectivity index (χ2n) is 6.77. The van der Waals surface area contributed by atoms with Crippen LogP contribution in [-0.2, 0) is 4.75 Å². The standard InChI is InChI=1S/C19H25O2PS/c1-20-17-10-6-15(7-11-17)19(23,14-22(3,4)5)16-8-12-18(21-2)13-9-16/h6-13H,14H2,1-5H3/p+1. The summed E-state index contributed by atoms with van der Waals surface area (Å²) in [4.78, 5) is 0. The molecule has 0 bridgehead atoms. The maximum absolute atomic E-state index is 5.28. The van der Waals surface area contributed by atoms with E-state index in [1.807, 2.05) is 24.3 Å². The van der Waals surface area contributed by atoms with Gasteiger partial charge in [0.1, 0.15) is 11.5 Å². The van der Waals surface area contributed by atoms with Crippen molar-refractivity contribution in [2.75, 3.05) is 40.4 Å². The van der Waals surface area contributed by atoms with Crippen molar-refractivity contribution in [1.29, 1.82) is 0 Å². The molecule has 0 atom stereocenters. The number of methoxy groups -OCH3 is 2. The highest BCUT2D eigenvalue weighted by molar-refractivity contribution is 7.83. The maximum Gasteiger partial charge on any atom is 0.118 e. The summed E-state index contributed by atoms with van der Waals surface area (Å²) in [6, 6.07) is 16.5. The molecule has 0 radical (unpaired) electrons. The maximum atomic E-state index is 5.28. The van der Waals surface area contributed by atoms with E-state index in [9.17, 15) is 0 Å². The number of hydrogen-bond acceptors (Lipinski definition) is 3. The van der Waals surface area contributed by atoms with Crippen LogP contribution < -0.4 is 9.47 Å². The van der Waals surface area contributed by atoms with E-state index < -0.39 is 7.26 Å². The van der Waals surface area contributed by atoms with Crippen LogP contribution >= 0.6 is 19.9 Å². The Labute approximate surface area is 146 Å². The molecule has 2 rings (SSSR count). The molecule has 0 spiro atoms. The Morgan fingerprint density at radius 2 is 1.13 bits per heavy atom. The molecule has 0 heterocycles. The van der Waals surface area contributed by atoms with Gasteiger partial charge in [0.05, 0.1) is 25.1 Å².